The number of aromatic nitrogens is 3. The fraction of sp³-hybridized carbons (Fsp3) is 0.111. The minimum Gasteiger partial charge on any atom is -0.322 e. The maximum Gasteiger partial charge on any atom is 0.123 e. The molecule has 0 amide bonds. The SMILES string of the molecule is Cc1nc2ccccc2n1Cc1csc(-c2ccccc2)n1. The van der Waals surface area contributed by atoms with Crippen molar-refractivity contribution in [2.24, 2.45) is 0 Å². The third-order valence-corrected chi connectivity index (χ3v) is 4.68. The summed E-state index contributed by atoms with van der Waals surface area (Å²) in [4.78, 5) is 9.39. The normalized spacial score (nSPS) is 11.1. The molecule has 4 rings (SSSR count). The predicted molar refractivity (Wildman–Crippen MR) is 91.1 cm³/mol. The van der Waals surface area contributed by atoms with E-state index in [0.717, 1.165) is 34.1 Å². The molecule has 0 radical (unpaired) electrons. The van der Waals surface area contributed by atoms with E-state index in [1.54, 1.807) is 11.3 Å². The third-order valence-electron chi connectivity index (χ3n) is 3.74. The van der Waals surface area contributed by atoms with Gasteiger partial charge in [-0.25, -0.2) is 9.97 Å². The lowest BCUT2D eigenvalue weighted by Crippen LogP contribution is -2.02. The van der Waals surface area contributed by atoms with Crippen molar-refractivity contribution >= 4 is 22.4 Å². The Morgan fingerprint density at radius 2 is 1.73 bits per heavy atom. The van der Waals surface area contributed by atoms with Crippen LogP contribution in [0.5, 0.6) is 0 Å². The maximum atomic E-state index is 4.77. The van der Waals surface area contributed by atoms with Crippen LogP contribution < -0.4 is 0 Å². The Bertz CT molecular complexity index is 922. The van der Waals surface area contributed by atoms with Crippen molar-refractivity contribution < 1.29 is 0 Å². The van der Waals surface area contributed by atoms with Crippen molar-refractivity contribution in [3.63, 3.8) is 0 Å². The van der Waals surface area contributed by atoms with Crippen LogP contribution in [0.25, 0.3) is 21.6 Å². The number of para-hydroxylation sites is 2. The van der Waals surface area contributed by atoms with Crippen molar-refractivity contribution in [1.29, 1.82) is 0 Å². The largest absolute Gasteiger partial charge is 0.322 e. The molecule has 0 aliphatic carbocycles. The van der Waals surface area contributed by atoms with Gasteiger partial charge in [0.2, 0.25) is 0 Å². The molecule has 0 fully saturated rings. The molecule has 0 spiro atoms. The molecule has 3 nitrogen and oxygen atoms in total. The molecule has 108 valence electrons. The molecule has 2 aromatic carbocycles. The number of aryl methyl sites for hydroxylation is 1. The van der Waals surface area contributed by atoms with Gasteiger partial charge in [-0.05, 0) is 19.1 Å². The number of fused-ring (bicyclic) bond motifs is 1. The highest BCUT2D eigenvalue weighted by Crippen LogP contribution is 2.24. The second kappa shape index (κ2) is 5.39. The second-order valence-corrected chi connectivity index (χ2v) is 6.10. The van der Waals surface area contributed by atoms with Crippen LogP contribution in [0, 0.1) is 6.92 Å². The van der Waals surface area contributed by atoms with E-state index in [1.807, 2.05) is 31.2 Å². The molecule has 0 aliphatic rings. The zero-order chi connectivity index (χ0) is 14.9. The van der Waals surface area contributed by atoms with E-state index in [4.69, 9.17) is 4.98 Å². The average Bonchev–Trinajstić information content (AvgIpc) is 3.14. The standard InChI is InChI=1S/C18H15N3S/c1-13-19-16-9-5-6-10-17(16)21(13)11-15-12-22-18(20-15)14-7-3-2-4-8-14/h2-10,12H,11H2,1H3. The molecule has 0 aliphatic heterocycles. The molecule has 0 unspecified atom stereocenters. The van der Waals surface area contributed by atoms with Gasteiger partial charge in [-0.15, -0.1) is 11.3 Å². The molecular formula is C18H15N3S. The Labute approximate surface area is 132 Å². The molecule has 0 saturated carbocycles. The molecule has 2 heterocycles. The van der Waals surface area contributed by atoms with Gasteiger partial charge in [0, 0.05) is 10.9 Å². The van der Waals surface area contributed by atoms with Gasteiger partial charge in [-0.3, -0.25) is 0 Å². The lowest BCUT2D eigenvalue weighted by atomic mass is 10.2. The molecule has 0 saturated heterocycles. The lowest BCUT2D eigenvalue weighted by molar-refractivity contribution is 0.770. The molecule has 22 heavy (non-hydrogen) atoms. The zero-order valence-corrected chi connectivity index (χ0v) is 13.0. The fourth-order valence-corrected chi connectivity index (χ4v) is 3.47. The summed E-state index contributed by atoms with van der Waals surface area (Å²) < 4.78 is 2.22. The number of thiazole rings is 1. The van der Waals surface area contributed by atoms with Crippen LogP contribution in [0.15, 0.2) is 60.0 Å². The number of rotatable bonds is 3. The highest BCUT2D eigenvalue weighted by atomic mass is 32.1. The van der Waals surface area contributed by atoms with Crippen molar-refractivity contribution in [3.8, 4) is 10.6 Å². The van der Waals surface area contributed by atoms with Gasteiger partial charge < -0.3 is 4.57 Å². The summed E-state index contributed by atoms with van der Waals surface area (Å²) in [5.41, 5.74) is 4.45. The Hall–Kier alpha value is -2.46. The van der Waals surface area contributed by atoms with Crippen LogP contribution >= 0.6 is 11.3 Å². The highest BCUT2D eigenvalue weighted by Gasteiger charge is 2.10. The van der Waals surface area contributed by atoms with Crippen LogP contribution in [0.1, 0.15) is 11.5 Å². The number of nitrogens with zero attached hydrogens (tertiary/aromatic N) is 3. The van der Waals surface area contributed by atoms with Crippen LogP contribution in [-0.2, 0) is 6.54 Å². The summed E-state index contributed by atoms with van der Waals surface area (Å²) in [5.74, 6) is 1.02. The summed E-state index contributed by atoms with van der Waals surface area (Å²) in [7, 11) is 0. The summed E-state index contributed by atoms with van der Waals surface area (Å²) in [6, 6.07) is 18.6. The molecular weight excluding hydrogens is 290 g/mol. The second-order valence-electron chi connectivity index (χ2n) is 5.24. The van der Waals surface area contributed by atoms with E-state index in [1.165, 1.54) is 5.56 Å². The molecule has 2 aromatic heterocycles. The Morgan fingerprint density at radius 1 is 0.955 bits per heavy atom. The number of imidazole rings is 1. The Kier molecular flexibility index (Phi) is 3.24. The van der Waals surface area contributed by atoms with Crippen molar-refractivity contribution in [2.75, 3.05) is 0 Å². The highest BCUT2D eigenvalue weighted by molar-refractivity contribution is 7.13. The van der Waals surface area contributed by atoms with Gasteiger partial charge in [0.1, 0.15) is 10.8 Å². The van der Waals surface area contributed by atoms with Crippen LogP contribution in [-0.4, -0.2) is 14.5 Å². The lowest BCUT2D eigenvalue weighted by Gasteiger charge is -2.04. The molecule has 4 heteroatoms. The van der Waals surface area contributed by atoms with E-state index in [0.29, 0.717) is 0 Å². The Balaban J connectivity index is 1.69. The summed E-state index contributed by atoms with van der Waals surface area (Å²) >= 11 is 1.69. The summed E-state index contributed by atoms with van der Waals surface area (Å²) in [6.07, 6.45) is 0. The van der Waals surface area contributed by atoms with Crippen molar-refractivity contribution in [3.05, 3.63) is 71.5 Å². The number of hydrogen-bond donors (Lipinski definition) is 0. The first-order valence-electron chi connectivity index (χ1n) is 7.23. The van der Waals surface area contributed by atoms with Crippen molar-refractivity contribution in [2.45, 2.75) is 13.5 Å². The molecule has 0 bridgehead atoms. The summed E-state index contributed by atoms with van der Waals surface area (Å²) in [5, 5.41) is 3.20. The first-order valence-corrected chi connectivity index (χ1v) is 8.11. The van der Waals surface area contributed by atoms with Crippen LogP contribution in [0.3, 0.4) is 0 Å². The van der Waals surface area contributed by atoms with E-state index in [-0.39, 0.29) is 0 Å². The van der Waals surface area contributed by atoms with Gasteiger partial charge in [-0.2, -0.15) is 0 Å². The molecule has 0 atom stereocenters. The zero-order valence-electron chi connectivity index (χ0n) is 12.2. The fourth-order valence-electron chi connectivity index (χ4n) is 2.65. The third kappa shape index (κ3) is 2.31. The van der Waals surface area contributed by atoms with Gasteiger partial charge in [0.25, 0.3) is 0 Å². The van der Waals surface area contributed by atoms with Gasteiger partial charge in [0.05, 0.1) is 23.3 Å². The van der Waals surface area contributed by atoms with Crippen molar-refractivity contribution in [1.82, 2.24) is 14.5 Å². The van der Waals surface area contributed by atoms with E-state index in [9.17, 15) is 0 Å². The van der Waals surface area contributed by atoms with Crippen LogP contribution in [0.2, 0.25) is 0 Å². The van der Waals surface area contributed by atoms with Gasteiger partial charge in [0.15, 0.2) is 0 Å². The van der Waals surface area contributed by atoms with E-state index >= 15 is 0 Å². The first-order chi connectivity index (χ1) is 10.8. The van der Waals surface area contributed by atoms with E-state index in [2.05, 4.69) is 45.3 Å². The monoisotopic (exact) mass is 305 g/mol. The maximum absolute atomic E-state index is 4.77. The molecule has 4 aromatic rings. The number of hydrogen-bond acceptors (Lipinski definition) is 3. The van der Waals surface area contributed by atoms with Crippen LogP contribution in [0.4, 0.5) is 0 Å². The van der Waals surface area contributed by atoms with E-state index < -0.39 is 0 Å². The molecule has 0 N–H and O–H groups in total. The average molecular weight is 305 g/mol. The minimum atomic E-state index is 0.760. The first kappa shape index (κ1) is 13.2. The number of benzene rings is 2. The summed E-state index contributed by atoms with van der Waals surface area (Å²) in [6.45, 7) is 2.81. The minimum absolute atomic E-state index is 0.760. The van der Waals surface area contributed by atoms with Gasteiger partial charge >= 0.3 is 0 Å². The smallest absolute Gasteiger partial charge is 0.123 e. The van der Waals surface area contributed by atoms with Gasteiger partial charge in [-0.1, -0.05) is 42.5 Å². The Morgan fingerprint density at radius 3 is 2.59 bits per heavy atom. The topological polar surface area (TPSA) is 30.7 Å². The predicted octanol–water partition coefficient (Wildman–Crippen LogP) is 4.52. The quantitative estimate of drug-likeness (QED) is 0.557.